The van der Waals surface area contributed by atoms with Gasteiger partial charge in [0.15, 0.2) is 11.2 Å². The maximum Gasteiger partial charge on any atom is 0.408 e. The molecule has 1 N–H and O–H groups in total. The number of rotatable bonds is 5. The predicted octanol–water partition coefficient (Wildman–Crippen LogP) is 4.47. The number of hydrogen-bond acceptors (Lipinski definition) is 1. The van der Waals surface area contributed by atoms with Gasteiger partial charge in [-0.2, -0.15) is 13.2 Å². The summed E-state index contributed by atoms with van der Waals surface area (Å²) in [5, 5.41) is 0.160. The SMILES string of the molecule is Cc1cc2c(cc1F)c([C@H](NS(=O)N(C)C)C(F)(F)F)cn2CC(C)(C)C. The lowest BCUT2D eigenvalue weighted by atomic mass is 9.97. The van der Waals surface area contributed by atoms with Crippen molar-refractivity contribution in [2.75, 3.05) is 14.1 Å². The molecule has 0 amide bonds. The Morgan fingerprint density at radius 3 is 2.30 bits per heavy atom. The molecule has 152 valence electrons. The molecular weight excluding hydrogens is 382 g/mol. The van der Waals surface area contributed by atoms with Crippen molar-refractivity contribution < 1.29 is 21.8 Å². The van der Waals surface area contributed by atoms with Crippen LogP contribution < -0.4 is 4.72 Å². The van der Waals surface area contributed by atoms with E-state index < -0.39 is 29.2 Å². The molecular formula is C18H25F4N3OS. The van der Waals surface area contributed by atoms with Crippen molar-refractivity contribution in [3.8, 4) is 0 Å². The molecule has 1 aromatic carbocycles. The van der Waals surface area contributed by atoms with Gasteiger partial charge in [0, 0.05) is 43.3 Å². The van der Waals surface area contributed by atoms with Crippen LogP contribution >= 0.6 is 0 Å². The van der Waals surface area contributed by atoms with Gasteiger partial charge < -0.3 is 4.57 Å². The van der Waals surface area contributed by atoms with E-state index in [0.29, 0.717) is 17.6 Å². The van der Waals surface area contributed by atoms with Gasteiger partial charge in [0.25, 0.3) is 0 Å². The van der Waals surface area contributed by atoms with Crippen LogP contribution in [0.25, 0.3) is 10.9 Å². The summed E-state index contributed by atoms with van der Waals surface area (Å²) in [7, 11) is 2.81. The quantitative estimate of drug-likeness (QED) is 0.730. The molecule has 1 aromatic heterocycles. The molecule has 0 aliphatic heterocycles. The summed E-state index contributed by atoms with van der Waals surface area (Å²) in [5.41, 5.74) is 0.538. The molecule has 4 nitrogen and oxygen atoms in total. The van der Waals surface area contributed by atoms with Gasteiger partial charge in [0.1, 0.15) is 11.9 Å². The fourth-order valence-corrected chi connectivity index (χ4v) is 3.50. The maximum atomic E-state index is 14.1. The molecule has 0 bridgehead atoms. The van der Waals surface area contributed by atoms with E-state index in [2.05, 4.69) is 4.72 Å². The van der Waals surface area contributed by atoms with Crippen molar-refractivity contribution in [1.29, 1.82) is 0 Å². The highest BCUT2D eigenvalue weighted by molar-refractivity contribution is 7.80. The highest BCUT2D eigenvalue weighted by Gasteiger charge is 2.43. The first-order valence-electron chi connectivity index (χ1n) is 8.41. The van der Waals surface area contributed by atoms with E-state index >= 15 is 0 Å². The number of fused-ring (bicyclic) bond motifs is 1. The largest absolute Gasteiger partial charge is 0.408 e. The molecule has 0 radical (unpaired) electrons. The molecule has 1 unspecified atom stereocenters. The molecule has 0 fully saturated rings. The van der Waals surface area contributed by atoms with Crippen LogP contribution in [0.4, 0.5) is 17.6 Å². The van der Waals surface area contributed by atoms with Crippen LogP contribution in [0.5, 0.6) is 0 Å². The Balaban J connectivity index is 2.70. The fraction of sp³-hybridized carbons (Fsp3) is 0.556. The molecule has 9 heteroatoms. The van der Waals surface area contributed by atoms with E-state index in [1.807, 2.05) is 20.8 Å². The second kappa shape index (κ2) is 7.52. The highest BCUT2D eigenvalue weighted by Crippen LogP contribution is 2.39. The Labute approximate surface area is 159 Å². The summed E-state index contributed by atoms with van der Waals surface area (Å²) in [6, 6.07) is 0.487. The molecule has 2 rings (SSSR count). The van der Waals surface area contributed by atoms with Crippen molar-refractivity contribution in [3.05, 3.63) is 35.3 Å². The molecule has 2 aromatic rings. The Morgan fingerprint density at radius 1 is 1.22 bits per heavy atom. The van der Waals surface area contributed by atoms with E-state index in [1.54, 1.807) is 17.6 Å². The second-order valence-corrected chi connectivity index (χ2v) is 9.51. The highest BCUT2D eigenvalue weighted by atomic mass is 32.2. The standard InChI is InChI=1S/C18H25F4N3OS/c1-11-7-15-12(8-14(11)19)13(9-25(15)10-17(2,3)4)16(18(20,21)22)23-27(26)24(5)6/h7-9,16,23H,10H2,1-6H3/t16-,27?/m0/s1. The van der Waals surface area contributed by atoms with E-state index in [-0.39, 0.29) is 16.4 Å². The van der Waals surface area contributed by atoms with Crippen LogP contribution in [0.1, 0.15) is 37.9 Å². The minimum absolute atomic E-state index is 0.143. The number of hydrogen-bond donors (Lipinski definition) is 1. The lowest BCUT2D eigenvalue weighted by Gasteiger charge is -2.23. The van der Waals surface area contributed by atoms with Gasteiger partial charge in [-0.3, -0.25) is 0 Å². The zero-order chi connectivity index (χ0) is 20.7. The van der Waals surface area contributed by atoms with Gasteiger partial charge in [0.05, 0.1) is 0 Å². The number of aryl methyl sites for hydroxylation is 1. The summed E-state index contributed by atoms with van der Waals surface area (Å²) in [4.78, 5) is 0. The summed E-state index contributed by atoms with van der Waals surface area (Å²) >= 11 is -2.05. The van der Waals surface area contributed by atoms with Crippen LogP contribution in [0.2, 0.25) is 0 Å². The molecule has 0 aliphatic rings. The zero-order valence-corrected chi connectivity index (χ0v) is 17.1. The predicted molar refractivity (Wildman–Crippen MR) is 99.8 cm³/mol. The Morgan fingerprint density at radius 2 is 1.81 bits per heavy atom. The van der Waals surface area contributed by atoms with Crippen LogP contribution in [-0.2, 0) is 17.7 Å². The molecule has 0 spiro atoms. The molecule has 1 heterocycles. The first-order valence-corrected chi connectivity index (χ1v) is 9.52. The van der Waals surface area contributed by atoms with Crippen molar-refractivity contribution >= 4 is 22.1 Å². The lowest BCUT2D eigenvalue weighted by molar-refractivity contribution is -0.152. The van der Waals surface area contributed by atoms with E-state index in [0.717, 1.165) is 10.4 Å². The van der Waals surface area contributed by atoms with Gasteiger partial charge >= 0.3 is 6.18 Å². The summed E-state index contributed by atoms with van der Waals surface area (Å²) in [5.74, 6) is -0.577. The normalized spacial score (nSPS) is 15.5. The number of aromatic nitrogens is 1. The minimum atomic E-state index is -4.70. The number of nitrogens with zero attached hydrogens (tertiary/aromatic N) is 2. The van der Waals surface area contributed by atoms with Crippen LogP contribution in [0.3, 0.4) is 0 Å². The Bertz CT molecular complexity index is 853. The zero-order valence-electron chi connectivity index (χ0n) is 16.2. The molecule has 0 aliphatic carbocycles. The smallest absolute Gasteiger partial charge is 0.347 e. The van der Waals surface area contributed by atoms with Gasteiger partial charge in [-0.15, -0.1) is 0 Å². The summed E-state index contributed by atoms with van der Waals surface area (Å²) < 4.78 is 72.4. The maximum absolute atomic E-state index is 14.1. The molecule has 0 saturated heterocycles. The average molecular weight is 407 g/mol. The average Bonchev–Trinajstić information content (AvgIpc) is 2.79. The number of alkyl halides is 3. The first kappa shape index (κ1) is 21.8. The topological polar surface area (TPSA) is 37.3 Å². The number of halogens is 4. The molecule has 2 atom stereocenters. The number of benzene rings is 1. The molecule has 0 saturated carbocycles. The summed E-state index contributed by atoms with van der Waals surface area (Å²) in [6.07, 6.45) is -3.32. The van der Waals surface area contributed by atoms with Gasteiger partial charge in [-0.25, -0.2) is 17.6 Å². The lowest BCUT2D eigenvalue weighted by Crippen LogP contribution is -2.39. The second-order valence-electron chi connectivity index (χ2n) is 8.05. The van der Waals surface area contributed by atoms with Gasteiger partial charge in [-0.05, 0) is 30.0 Å². The fourth-order valence-electron chi connectivity index (χ4n) is 2.83. The third-order valence-electron chi connectivity index (χ3n) is 4.03. The van der Waals surface area contributed by atoms with Gasteiger partial charge in [-0.1, -0.05) is 20.8 Å². The van der Waals surface area contributed by atoms with E-state index in [9.17, 15) is 21.8 Å². The van der Waals surface area contributed by atoms with Gasteiger partial charge in [0.2, 0.25) is 0 Å². The molecule has 27 heavy (non-hydrogen) atoms. The van der Waals surface area contributed by atoms with Crippen molar-refractivity contribution in [2.45, 2.75) is 46.5 Å². The summed E-state index contributed by atoms with van der Waals surface area (Å²) in [6.45, 7) is 7.93. The van der Waals surface area contributed by atoms with Crippen LogP contribution in [-0.4, -0.2) is 33.4 Å². The van der Waals surface area contributed by atoms with Crippen molar-refractivity contribution in [1.82, 2.24) is 13.6 Å². The monoisotopic (exact) mass is 407 g/mol. The van der Waals surface area contributed by atoms with Crippen LogP contribution in [0, 0.1) is 18.2 Å². The third-order valence-corrected chi connectivity index (χ3v) is 5.13. The first-order chi connectivity index (χ1) is 12.2. The van der Waals surface area contributed by atoms with Crippen molar-refractivity contribution in [2.24, 2.45) is 5.41 Å². The van der Waals surface area contributed by atoms with E-state index in [4.69, 9.17) is 0 Å². The Hall–Kier alpha value is -1.45. The third kappa shape index (κ3) is 5.08. The van der Waals surface area contributed by atoms with Crippen molar-refractivity contribution in [3.63, 3.8) is 0 Å². The van der Waals surface area contributed by atoms with Crippen LogP contribution in [0.15, 0.2) is 18.3 Å². The Kier molecular flexibility index (Phi) is 6.08. The van der Waals surface area contributed by atoms with E-state index in [1.165, 1.54) is 20.3 Å². The minimum Gasteiger partial charge on any atom is -0.347 e. The number of nitrogens with one attached hydrogen (secondary N) is 1.